The lowest BCUT2D eigenvalue weighted by molar-refractivity contribution is -0.125. The zero-order chi connectivity index (χ0) is 19.8. The lowest BCUT2D eigenvalue weighted by atomic mass is 9.72. The molecule has 3 rings (SSSR count). The first-order valence-corrected chi connectivity index (χ1v) is 9.68. The van der Waals surface area contributed by atoms with Crippen LogP contribution in [-0.4, -0.2) is 23.6 Å². The van der Waals surface area contributed by atoms with E-state index in [1.54, 1.807) is 18.7 Å². The minimum atomic E-state index is -0.933. The molecule has 0 saturated carbocycles. The minimum absolute atomic E-state index is 0.0697. The second-order valence-corrected chi connectivity index (χ2v) is 8.31. The Labute approximate surface area is 162 Å². The van der Waals surface area contributed by atoms with Gasteiger partial charge < -0.3 is 10.2 Å². The lowest BCUT2D eigenvalue weighted by Crippen LogP contribution is -2.45. The van der Waals surface area contributed by atoms with E-state index in [0.717, 1.165) is 29.4 Å². The van der Waals surface area contributed by atoms with Crippen LogP contribution in [0.2, 0.25) is 0 Å². The molecule has 7 heteroatoms. The Morgan fingerprint density at radius 2 is 2.07 bits per heavy atom. The molecule has 1 N–H and O–H groups in total. The van der Waals surface area contributed by atoms with Gasteiger partial charge in [0.15, 0.2) is 0 Å². The molecule has 0 aromatic heterocycles. The zero-order valence-corrected chi connectivity index (χ0v) is 16.3. The maximum Gasteiger partial charge on any atom is 0.243 e. The highest BCUT2D eigenvalue weighted by atomic mass is 32.2. The van der Waals surface area contributed by atoms with Gasteiger partial charge in [-0.15, -0.1) is 0 Å². The molecule has 6 nitrogen and oxygen atoms in total. The molecular formula is C20H20N4O2S. The van der Waals surface area contributed by atoms with Crippen molar-refractivity contribution in [3.63, 3.8) is 0 Å². The summed E-state index contributed by atoms with van der Waals surface area (Å²) in [5.74, 6) is -1.34. The number of hydrogen-bond donors (Lipinski definition) is 1. The third kappa shape index (κ3) is 3.20. The van der Waals surface area contributed by atoms with Crippen molar-refractivity contribution in [3.8, 4) is 12.1 Å². The van der Waals surface area contributed by atoms with Crippen molar-refractivity contribution in [3.05, 3.63) is 40.4 Å². The summed E-state index contributed by atoms with van der Waals surface area (Å²) in [5, 5.41) is 21.8. The Balaban J connectivity index is 1.81. The molecule has 0 unspecified atom stereocenters. The van der Waals surface area contributed by atoms with E-state index in [2.05, 4.69) is 11.4 Å². The SMILES string of the molecule is C[C@@H]1Cc2ccccc2N1C(=O)CSC1=C(C#N)C(C)(C)[C@H](C#N)C(=O)N1. The summed E-state index contributed by atoms with van der Waals surface area (Å²) in [4.78, 5) is 26.9. The predicted octanol–water partition coefficient (Wildman–Crippen LogP) is 2.73. The Morgan fingerprint density at radius 1 is 1.37 bits per heavy atom. The summed E-state index contributed by atoms with van der Waals surface area (Å²) in [6.07, 6.45) is 0.812. The van der Waals surface area contributed by atoms with Gasteiger partial charge in [-0.3, -0.25) is 9.59 Å². The number of para-hydroxylation sites is 1. The second-order valence-electron chi connectivity index (χ2n) is 7.32. The number of nitriles is 2. The number of amides is 2. The smallest absolute Gasteiger partial charge is 0.243 e. The van der Waals surface area contributed by atoms with Crippen LogP contribution in [0.1, 0.15) is 26.3 Å². The van der Waals surface area contributed by atoms with Gasteiger partial charge in [-0.25, -0.2) is 0 Å². The van der Waals surface area contributed by atoms with E-state index in [-0.39, 0.29) is 17.7 Å². The van der Waals surface area contributed by atoms with E-state index in [0.29, 0.717) is 10.6 Å². The quantitative estimate of drug-likeness (QED) is 0.870. The molecule has 1 aromatic rings. The summed E-state index contributed by atoms with van der Waals surface area (Å²) in [5.41, 5.74) is 1.50. The first-order valence-electron chi connectivity index (χ1n) is 8.69. The highest BCUT2D eigenvalue weighted by Crippen LogP contribution is 2.42. The molecule has 0 spiro atoms. The first-order chi connectivity index (χ1) is 12.8. The van der Waals surface area contributed by atoms with Crippen LogP contribution in [0.15, 0.2) is 34.9 Å². The number of fused-ring (bicyclic) bond motifs is 1. The van der Waals surface area contributed by atoms with Crippen LogP contribution in [-0.2, 0) is 16.0 Å². The van der Waals surface area contributed by atoms with E-state index < -0.39 is 17.2 Å². The average Bonchev–Trinajstić information content (AvgIpc) is 2.95. The third-order valence-electron chi connectivity index (χ3n) is 5.15. The molecular weight excluding hydrogens is 360 g/mol. The van der Waals surface area contributed by atoms with Gasteiger partial charge >= 0.3 is 0 Å². The number of carbonyl (C=O) groups is 2. The van der Waals surface area contributed by atoms with Crippen LogP contribution in [0.4, 0.5) is 5.69 Å². The lowest BCUT2D eigenvalue weighted by Gasteiger charge is -2.34. The first kappa shape index (κ1) is 19.0. The molecule has 0 saturated heterocycles. The van der Waals surface area contributed by atoms with Gasteiger partial charge in [-0.05, 0) is 25.0 Å². The number of carbonyl (C=O) groups excluding carboxylic acids is 2. The Morgan fingerprint density at radius 3 is 2.74 bits per heavy atom. The number of hydrogen-bond acceptors (Lipinski definition) is 5. The fraction of sp³-hybridized carbons (Fsp3) is 0.400. The van der Waals surface area contributed by atoms with E-state index in [4.69, 9.17) is 0 Å². The Bertz CT molecular complexity index is 923. The third-order valence-corrected chi connectivity index (χ3v) is 6.13. The van der Waals surface area contributed by atoms with Gasteiger partial charge in [0.05, 0.1) is 28.5 Å². The van der Waals surface area contributed by atoms with Crippen molar-refractivity contribution in [1.29, 1.82) is 10.5 Å². The normalized spacial score (nSPS) is 23.3. The molecule has 2 aliphatic heterocycles. The van der Waals surface area contributed by atoms with Gasteiger partial charge in [0.25, 0.3) is 0 Å². The minimum Gasteiger partial charge on any atom is -0.319 e. The maximum absolute atomic E-state index is 12.9. The van der Waals surface area contributed by atoms with E-state index in [1.807, 2.05) is 37.3 Å². The topological polar surface area (TPSA) is 97.0 Å². The zero-order valence-electron chi connectivity index (χ0n) is 15.4. The number of allylic oxidation sites excluding steroid dienone is 1. The average molecular weight is 380 g/mol. The molecule has 0 radical (unpaired) electrons. The summed E-state index contributed by atoms with van der Waals surface area (Å²) < 4.78 is 0. The van der Waals surface area contributed by atoms with Gasteiger partial charge in [-0.2, -0.15) is 10.5 Å². The largest absolute Gasteiger partial charge is 0.319 e. The number of thioether (sulfide) groups is 1. The van der Waals surface area contributed by atoms with Crippen molar-refractivity contribution in [2.45, 2.75) is 33.2 Å². The molecule has 2 aliphatic rings. The van der Waals surface area contributed by atoms with Gasteiger partial charge in [0, 0.05) is 17.1 Å². The van der Waals surface area contributed by atoms with Crippen LogP contribution in [0, 0.1) is 34.0 Å². The Hall–Kier alpha value is -2.77. The summed E-state index contributed by atoms with van der Waals surface area (Å²) in [7, 11) is 0. The number of rotatable bonds is 3. The van der Waals surface area contributed by atoms with Crippen LogP contribution < -0.4 is 10.2 Å². The molecule has 2 heterocycles. The summed E-state index contributed by atoms with van der Waals surface area (Å²) >= 11 is 1.14. The van der Waals surface area contributed by atoms with Crippen LogP contribution in [0.25, 0.3) is 0 Å². The van der Waals surface area contributed by atoms with E-state index >= 15 is 0 Å². The monoisotopic (exact) mass is 380 g/mol. The number of nitrogens with zero attached hydrogens (tertiary/aromatic N) is 3. The molecule has 0 fully saturated rings. The highest BCUT2D eigenvalue weighted by molar-refractivity contribution is 8.03. The number of benzene rings is 1. The van der Waals surface area contributed by atoms with E-state index in [9.17, 15) is 20.1 Å². The molecule has 0 aliphatic carbocycles. The predicted molar refractivity (Wildman–Crippen MR) is 103 cm³/mol. The molecule has 0 bridgehead atoms. The molecule has 138 valence electrons. The molecule has 2 amide bonds. The van der Waals surface area contributed by atoms with Crippen molar-refractivity contribution in [2.24, 2.45) is 11.3 Å². The summed E-state index contributed by atoms with van der Waals surface area (Å²) in [6.45, 7) is 5.42. The van der Waals surface area contributed by atoms with Crippen molar-refractivity contribution >= 4 is 29.3 Å². The van der Waals surface area contributed by atoms with Crippen molar-refractivity contribution < 1.29 is 9.59 Å². The van der Waals surface area contributed by atoms with Gasteiger partial charge in [0.1, 0.15) is 5.92 Å². The maximum atomic E-state index is 12.9. The van der Waals surface area contributed by atoms with Gasteiger partial charge in [-0.1, -0.05) is 43.8 Å². The second kappa shape index (κ2) is 7.09. The Kier molecular flexibility index (Phi) is 4.99. The van der Waals surface area contributed by atoms with Gasteiger partial charge in [0.2, 0.25) is 11.8 Å². The highest BCUT2D eigenvalue weighted by Gasteiger charge is 2.45. The van der Waals surface area contributed by atoms with E-state index in [1.165, 1.54) is 0 Å². The number of nitrogens with one attached hydrogen (secondary N) is 1. The fourth-order valence-corrected chi connectivity index (χ4v) is 4.72. The van der Waals surface area contributed by atoms with Crippen LogP contribution >= 0.6 is 11.8 Å². The van der Waals surface area contributed by atoms with Crippen molar-refractivity contribution in [1.82, 2.24) is 5.32 Å². The fourth-order valence-electron chi connectivity index (χ4n) is 3.68. The van der Waals surface area contributed by atoms with Crippen LogP contribution in [0.3, 0.4) is 0 Å². The number of anilines is 1. The summed E-state index contributed by atoms with van der Waals surface area (Å²) in [6, 6.07) is 12.0. The van der Waals surface area contributed by atoms with Crippen LogP contribution in [0.5, 0.6) is 0 Å². The van der Waals surface area contributed by atoms with Crippen molar-refractivity contribution in [2.75, 3.05) is 10.7 Å². The standard InChI is InChI=1S/C20H20N4O2S/c1-12-8-13-6-4-5-7-16(13)24(12)17(25)11-27-19-15(10-22)20(2,3)14(9-21)18(26)23-19/h4-7,12,14H,8,11H2,1-3H3,(H,23,26)/t12-,14-/m1/s1. The molecule has 27 heavy (non-hydrogen) atoms. The molecule has 2 atom stereocenters. The molecule has 1 aromatic carbocycles.